The summed E-state index contributed by atoms with van der Waals surface area (Å²) in [6.45, 7) is 2.18. The number of hydrogen-bond donors (Lipinski definition) is 2. The van der Waals surface area contributed by atoms with Crippen LogP contribution in [0.5, 0.6) is 0 Å². The molecule has 2 rings (SSSR count). The molecule has 0 aromatic heterocycles. The maximum atomic E-state index is 13.0. The quantitative estimate of drug-likeness (QED) is 0.161. The van der Waals surface area contributed by atoms with E-state index in [9.17, 15) is 19.5 Å². The summed E-state index contributed by atoms with van der Waals surface area (Å²) in [5.41, 5.74) is 5.95. The summed E-state index contributed by atoms with van der Waals surface area (Å²) in [6, 6.07) is -0.716. The Kier molecular flexibility index (Phi) is 13.5. The van der Waals surface area contributed by atoms with Crippen molar-refractivity contribution >= 4 is 29.5 Å². The van der Waals surface area contributed by atoms with Crippen molar-refractivity contribution in [2.24, 2.45) is 23.0 Å². The molecule has 0 aliphatic heterocycles. The second kappa shape index (κ2) is 15.8. The molecule has 0 aromatic rings. The van der Waals surface area contributed by atoms with Gasteiger partial charge in [0.25, 0.3) is 0 Å². The van der Waals surface area contributed by atoms with Crippen molar-refractivity contribution in [3.05, 3.63) is 12.2 Å². The van der Waals surface area contributed by atoms with Crippen molar-refractivity contribution < 1.29 is 29.0 Å². The third-order valence-corrected chi connectivity index (χ3v) is 9.56. The Morgan fingerprint density at radius 2 is 1.89 bits per heavy atom. The highest BCUT2D eigenvalue weighted by Crippen LogP contribution is 2.49. The molecule has 8 heteroatoms. The SMILES string of the molecule is CCCCC1([C@H](O)/C=C/[C@H]2C(SCC(N)C(=O)OC)CC(=O)[C@@H]2CCCCCCC(=O)OC)CCC1. The van der Waals surface area contributed by atoms with Gasteiger partial charge in [0.15, 0.2) is 0 Å². The van der Waals surface area contributed by atoms with E-state index in [1.165, 1.54) is 20.6 Å². The van der Waals surface area contributed by atoms with E-state index in [0.29, 0.717) is 18.6 Å². The Bertz CT molecular complexity index is 738. The predicted molar refractivity (Wildman–Crippen MR) is 144 cm³/mol. The van der Waals surface area contributed by atoms with Gasteiger partial charge < -0.3 is 20.3 Å². The molecule has 0 aromatic carbocycles. The number of aliphatic hydroxyl groups is 1. The Balaban J connectivity index is 2.02. The van der Waals surface area contributed by atoms with Gasteiger partial charge in [-0.2, -0.15) is 11.8 Å². The van der Waals surface area contributed by atoms with E-state index in [2.05, 4.69) is 13.0 Å². The van der Waals surface area contributed by atoms with Gasteiger partial charge in [0.1, 0.15) is 11.8 Å². The molecule has 0 amide bonds. The molecular weight excluding hydrogens is 478 g/mol. The van der Waals surface area contributed by atoms with Crippen LogP contribution >= 0.6 is 11.8 Å². The van der Waals surface area contributed by atoms with Crippen LogP contribution in [0.4, 0.5) is 0 Å². The summed E-state index contributed by atoms with van der Waals surface area (Å²) in [5.74, 6) is -0.0480. The normalized spacial score (nSPS) is 24.9. The number of carbonyl (C=O) groups is 3. The molecular formula is C28H47NO6S. The highest BCUT2D eigenvalue weighted by molar-refractivity contribution is 8.00. The van der Waals surface area contributed by atoms with Crippen molar-refractivity contribution in [2.75, 3.05) is 20.0 Å². The van der Waals surface area contributed by atoms with E-state index in [1.54, 1.807) is 11.8 Å². The predicted octanol–water partition coefficient (Wildman–Crippen LogP) is 4.58. The van der Waals surface area contributed by atoms with E-state index in [0.717, 1.165) is 64.2 Å². The van der Waals surface area contributed by atoms with Gasteiger partial charge in [-0.1, -0.05) is 57.6 Å². The lowest BCUT2D eigenvalue weighted by atomic mass is 9.62. The lowest BCUT2D eigenvalue weighted by molar-refractivity contribution is -0.142. The molecule has 206 valence electrons. The molecule has 2 unspecified atom stereocenters. The van der Waals surface area contributed by atoms with Gasteiger partial charge in [-0.3, -0.25) is 14.4 Å². The number of rotatable bonds is 17. The summed E-state index contributed by atoms with van der Waals surface area (Å²) in [5, 5.41) is 11.1. The number of carbonyl (C=O) groups excluding carboxylic acids is 3. The van der Waals surface area contributed by atoms with Crippen LogP contribution in [-0.2, 0) is 23.9 Å². The fourth-order valence-electron chi connectivity index (χ4n) is 5.57. The third-order valence-electron chi connectivity index (χ3n) is 8.10. The second-order valence-electron chi connectivity index (χ2n) is 10.5. The van der Waals surface area contributed by atoms with Crippen molar-refractivity contribution in [3.8, 4) is 0 Å². The smallest absolute Gasteiger partial charge is 0.323 e. The van der Waals surface area contributed by atoms with Gasteiger partial charge in [-0.15, -0.1) is 0 Å². The zero-order valence-corrected chi connectivity index (χ0v) is 23.2. The third kappa shape index (κ3) is 8.88. The number of hydrogen-bond acceptors (Lipinski definition) is 8. The molecule has 0 saturated heterocycles. The molecule has 2 fully saturated rings. The van der Waals surface area contributed by atoms with Crippen LogP contribution in [-0.4, -0.2) is 60.2 Å². The molecule has 36 heavy (non-hydrogen) atoms. The first kappa shape index (κ1) is 30.8. The summed E-state index contributed by atoms with van der Waals surface area (Å²) in [4.78, 5) is 36.1. The topological polar surface area (TPSA) is 116 Å². The van der Waals surface area contributed by atoms with E-state index in [-0.39, 0.29) is 34.3 Å². The van der Waals surface area contributed by atoms with E-state index >= 15 is 0 Å². The van der Waals surface area contributed by atoms with Crippen molar-refractivity contribution in [1.29, 1.82) is 0 Å². The summed E-state index contributed by atoms with van der Waals surface area (Å²) in [6.07, 6.45) is 15.4. The first-order valence-electron chi connectivity index (χ1n) is 13.7. The number of unbranched alkanes of at least 4 members (excludes halogenated alkanes) is 4. The number of Topliss-reactive ketones (excluding diaryl/α,β-unsaturated/α-hetero) is 1. The fourth-order valence-corrected chi connectivity index (χ4v) is 6.94. The van der Waals surface area contributed by atoms with E-state index < -0.39 is 18.1 Å². The van der Waals surface area contributed by atoms with Gasteiger partial charge in [0, 0.05) is 29.8 Å². The highest BCUT2D eigenvalue weighted by Gasteiger charge is 2.44. The monoisotopic (exact) mass is 525 g/mol. The minimum atomic E-state index is -0.716. The summed E-state index contributed by atoms with van der Waals surface area (Å²) >= 11 is 1.57. The largest absolute Gasteiger partial charge is 0.469 e. The average molecular weight is 526 g/mol. The fraction of sp³-hybridized carbons (Fsp3) is 0.821. The van der Waals surface area contributed by atoms with Crippen molar-refractivity contribution in [2.45, 2.75) is 108 Å². The molecule has 0 bridgehead atoms. The first-order chi connectivity index (χ1) is 17.3. The number of nitrogens with two attached hydrogens (primary N) is 1. The maximum Gasteiger partial charge on any atom is 0.323 e. The standard InChI is InChI=1S/C28H47NO6S/c1-4-5-15-28(16-10-17-28)25(31)14-13-21-20(11-8-6-7-9-12-26(32)34-2)23(30)18-24(21)36-19-22(29)27(33)35-3/h13-14,20-22,24-25,31H,4-12,15-19,29H2,1-3H3/b14-13+/t20-,21-,22?,24?,25-/m1/s1. The zero-order valence-electron chi connectivity index (χ0n) is 22.4. The Hall–Kier alpha value is -1.38. The molecule has 2 aliphatic carbocycles. The molecule has 3 N–H and O–H groups in total. The number of thioether (sulfide) groups is 1. The van der Waals surface area contributed by atoms with Crippen molar-refractivity contribution in [1.82, 2.24) is 0 Å². The number of ketones is 1. The first-order valence-corrected chi connectivity index (χ1v) is 14.7. The molecule has 0 heterocycles. The van der Waals surface area contributed by atoms with Gasteiger partial charge >= 0.3 is 11.9 Å². The minimum Gasteiger partial charge on any atom is -0.469 e. The van der Waals surface area contributed by atoms with Crippen LogP contribution in [0.15, 0.2) is 12.2 Å². The molecule has 7 nitrogen and oxygen atoms in total. The minimum absolute atomic E-state index is 0.0138. The molecule has 2 saturated carbocycles. The Labute approximate surface area is 221 Å². The van der Waals surface area contributed by atoms with Crippen molar-refractivity contribution in [3.63, 3.8) is 0 Å². The van der Waals surface area contributed by atoms with Crippen LogP contribution in [0.1, 0.15) is 90.4 Å². The lowest BCUT2D eigenvalue weighted by Gasteiger charge is -2.45. The summed E-state index contributed by atoms with van der Waals surface area (Å²) < 4.78 is 9.44. The number of ether oxygens (including phenoxy) is 2. The molecule has 5 atom stereocenters. The molecule has 0 radical (unpaired) electrons. The number of methoxy groups -OCH3 is 2. The molecule has 2 aliphatic rings. The number of esters is 2. The van der Waals surface area contributed by atoms with Crippen LogP contribution in [0.25, 0.3) is 0 Å². The van der Waals surface area contributed by atoms with Crippen LogP contribution < -0.4 is 5.73 Å². The van der Waals surface area contributed by atoms with E-state index in [4.69, 9.17) is 15.2 Å². The number of allylic oxidation sites excluding steroid dienone is 1. The summed E-state index contributed by atoms with van der Waals surface area (Å²) in [7, 11) is 2.73. The van der Waals surface area contributed by atoms with Gasteiger partial charge in [0.2, 0.25) is 0 Å². The zero-order chi connectivity index (χ0) is 26.6. The second-order valence-corrected chi connectivity index (χ2v) is 11.8. The van der Waals surface area contributed by atoms with E-state index in [1.807, 2.05) is 6.08 Å². The van der Waals surface area contributed by atoms with Crippen LogP contribution in [0, 0.1) is 17.3 Å². The average Bonchev–Trinajstić information content (AvgIpc) is 3.15. The highest BCUT2D eigenvalue weighted by atomic mass is 32.2. The van der Waals surface area contributed by atoms with Crippen LogP contribution in [0.3, 0.4) is 0 Å². The Morgan fingerprint density at radius 3 is 2.50 bits per heavy atom. The number of aliphatic hydroxyl groups excluding tert-OH is 1. The lowest BCUT2D eigenvalue weighted by Crippen LogP contribution is -2.40. The molecule has 0 spiro atoms. The Morgan fingerprint density at radius 1 is 1.17 bits per heavy atom. The maximum absolute atomic E-state index is 13.0. The van der Waals surface area contributed by atoms with Gasteiger partial charge in [-0.25, -0.2) is 0 Å². The van der Waals surface area contributed by atoms with Gasteiger partial charge in [0.05, 0.1) is 20.3 Å². The van der Waals surface area contributed by atoms with Gasteiger partial charge in [-0.05, 0) is 43.4 Å². The van der Waals surface area contributed by atoms with Crippen LogP contribution in [0.2, 0.25) is 0 Å².